The molecular weight excluding hydrogens is 258 g/mol. The highest BCUT2D eigenvalue weighted by atomic mass is 16.5. The molecule has 0 bridgehead atoms. The number of amides is 1. The molecule has 20 heavy (non-hydrogen) atoms. The van der Waals surface area contributed by atoms with Crippen LogP contribution in [-0.2, 0) is 14.3 Å². The lowest BCUT2D eigenvalue weighted by atomic mass is 10.2. The number of benzene rings is 1. The quantitative estimate of drug-likeness (QED) is 0.619. The standard InChI is InChI=1S/C15H19NO4/c1-12-2-4-13(5-3-12)20-15(18)7-6-14(17)16-8-10-19-11-9-16/h2-5H,6-11H2,1H3. The molecule has 1 amide bonds. The fraction of sp³-hybridized carbons (Fsp3) is 0.467. The first-order chi connectivity index (χ1) is 9.65. The molecule has 5 heteroatoms. The monoisotopic (exact) mass is 277 g/mol. The van der Waals surface area contributed by atoms with Crippen molar-refractivity contribution in [3.05, 3.63) is 29.8 Å². The van der Waals surface area contributed by atoms with E-state index in [4.69, 9.17) is 9.47 Å². The number of morpholine rings is 1. The van der Waals surface area contributed by atoms with Gasteiger partial charge in [0.25, 0.3) is 0 Å². The summed E-state index contributed by atoms with van der Waals surface area (Å²) >= 11 is 0. The summed E-state index contributed by atoms with van der Waals surface area (Å²) in [6.07, 6.45) is 0.286. The lowest BCUT2D eigenvalue weighted by Gasteiger charge is -2.26. The summed E-state index contributed by atoms with van der Waals surface area (Å²) < 4.78 is 10.4. The smallest absolute Gasteiger partial charge is 0.311 e. The third kappa shape index (κ3) is 4.35. The lowest BCUT2D eigenvalue weighted by molar-refractivity contribution is -0.140. The average molecular weight is 277 g/mol. The predicted octanol–water partition coefficient (Wildman–Crippen LogP) is 1.54. The van der Waals surface area contributed by atoms with Crippen LogP contribution in [0.5, 0.6) is 5.75 Å². The van der Waals surface area contributed by atoms with E-state index in [2.05, 4.69) is 0 Å². The van der Waals surface area contributed by atoms with Gasteiger partial charge in [0, 0.05) is 19.5 Å². The molecule has 1 aliphatic rings. The minimum Gasteiger partial charge on any atom is -0.427 e. The molecule has 1 saturated heterocycles. The third-order valence-corrected chi connectivity index (χ3v) is 3.16. The number of carbonyl (C=O) groups is 2. The SMILES string of the molecule is Cc1ccc(OC(=O)CCC(=O)N2CCOCC2)cc1. The molecule has 108 valence electrons. The van der Waals surface area contributed by atoms with Gasteiger partial charge in [-0.3, -0.25) is 9.59 Å². The Morgan fingerprint density at radius 3 is 2.45 bits per heavy atom. The number of ether oxygens (including phenoxy) is 2. The van der Waals surface area contributed by atoms with Crippen molar-refractivity contribution in [1.29, 1.82) is 0 Å². The van der Waals surface area contributed by atoms with Crippen molar-refractivity contribution in [1.82, 2.24) is 4.90 Å². The zero-order chi connectivity index (χ0) is 14.4. The summed E-state index contributed by atoms with van der Waals surface area (Å²) in [5.41, 5.74) is 1.10. The van der Waals surface area contributed by atoms with Gasteiger partial charge in [0.1, 0.15) is 5.75 Å². The van der Waals surface area contributed by atoms with Crippen LogP contribution in [0.15, 0.2) is 24.3 Å². The largest absolute Gasteiger partial charge is 0.427 e. The number of aryl methyl sites for hydroxylation is 1. The Bertz CT molecular complexity index is 463. The molecule has 2 rings (SSSR count). The Labute approximate surface area is 118 Å². The van der Waals surface area contributed by atoms with Crippen LogP contribution < -0.4 is 4.74 Å². The predicted molar refractivity (Wildman–Crippen MR) is 73.4 cm³/mol. The maximum atomic E-state index is 11.9. The molecule has 1 aliphatic heterocycles. The zero-order valence-corrected chi connectivity index (χ0v) is 11.6. The Hall–Kier alpha value is -1.88. The first kappa shape index (κ1) is 14.5. The van der Waals surface area contributed by atoms with Crippen molar-refractivity contribution in [3.8, 4) is 5.75 Å². The Kier molecular flexibility index (Phi) is 5.12. The molecule has 0 spiro atoms. The molecule has 0 aliphatic carbocycles. The molecule has 0 N–H and O–H groups in total. The zero-order valence-electron chi connectivity index (χ0n) is 11.6. The number of carbonyl (C=O) groups excluding carboxylic acids is 2. The highest BCUT2D eigenvalue weighted by Crippen LogP contribution is 2.13. The summed E-state index contributed by atoms with van der Waals surface area (Å²) in [5, 5.41) is 0. The minimum atomic E-state index is -0.379. The van der Waals surface area contributed by atoms with Crippen LogP contribution in [-0.4, -0.2) is 43.1 Å². The van der Waals surface area contributed by atoms with Crippen LogP contribution in [0.25, 0.3) is 0 Å². The maximum absolute atomic E-state index is 11.9. The van der Waals surface area contributed by atoms with Crippen molar-refractivity contribution in [2.24, 2.45) is 0 Å². The molecule has 0 saturated carbocycles. The second kappa shape index (κ2) is 7.05. The van der Waals surface area contributed by atoms with Crippen molar-refractivity contribution in [2.75, 3.05) is 26.3 Å². The van der Waals surface area contributed by atoms with Gasteiger partial charge in [0.2, 0.25) is 5.91 Å². The highest BCUT2D eigenvalue weighted by Gasteiger charge is 2.18. The second-order valence-electron chi connectivity index (χ2n) is 4.78. The minimum absolute atomic E-state index is 0.0193. The van der Waals surface area contributed by atoms with Gasteiger partial charge < -0.3 is 14.4 Å². The normalized spacial score (nSPS) is 14.9. The fourth-order valence-electron chi connectivity index (χ4n) is 1.97. The summed E-state index contributed by atoms with van der Waals surface area (Å²) in [6, 6.07) is 7.25. The van der Waals surface area contributed by atoms with E-state index in [9.17, 15) is 9.59 Å². The van der Waals surface area contributed by atoms with E-state index in [1.807, 2.05) is 19.1 Å². The van der Waals surface area contributed by atoms with Crippen LogP contribution in [0.3, 0.4) is 0 Å². The molecule has 0 aromatic heterocycles. The van der Waals surface area contributed by atoms with Gasteiger partial charge in [0.15, 0.2) is 0 Å². The van der Waals surface area contributed by atoms with Crippen molar-refractivity contribution < 1.29 is 19.1 Å². The van der Waals surface area contributed by atoms with E-state index >= 15 is 0 Å². The van der Waals surface area contributed by atoms with E-state index < -0.39 is 0 Å². The van der Waals surface area contributed by atoms with Crippen LogP contribution in [0.4, 0.5) is 0 Å². The topological polar surface area (TPSA) is 55.8 Å². The van der Waals surface area contributed by atoms with Gasteiger partial charge in [-0.2, -0.15) is 0 Å². The van der Waals surface area contributed by atoms with Gasteiger partial charge in [-0.15, -0.1) is 0 Å². The van der Waals surface area contributed by atoms with Crippen LogP contribution in [0, 0.1) is 6.92 Å². The highest BCUT2D eigenvalue weighted by molar-refractivity contribution is 5.82. The van der Waals surface area contributed by atoms with E-state index in [1.165, 1.54) is 0 Å². The molecule has 1 fully saturated rings. The van der Waals surface area contributed by atoms with Crippen LogP contribution in [0.1, 0.15) is 18.4 Å². The number of hydrogen-bond donors (Lipinski definition) is 0. The summed E-state index contributed by atoms with van der Waals surface area (Å²) in [4.78, 5) is 25.3. The van der Waals surface area contributed by atoms with Crippen LogP contribution in [0.2, 0.25) is 0 Å². The van der Waals surface area contributed by atoms with E-state index in [0.717, 1.165) is 5.56 Å². The summed E-state index contributed by atoms with van der Waals surface area (Å²) in [6.45, 7) is 4.31. The third-order valence-electron chi connectivity index (χ3n) is 3.16. The van der Waals surface area contributed by atoms with Gasteiger partial charge in [-0.25, -0.2) is 0 Å². The van der Waals surface area contributed by atoms with E-state index in [1.54, 1.807) is 17.0 Å². The first-order valence-corrected chi connectivity index (χ1v) is 6.78. The number of rotatable bonds is 4. The Balaban J connectivity index is 1.74. The van der Waals surface area contributed by atoms with Crippen molar-refractivity contribution >= 4 is 11.9 Å². The maximum Gasteiger partial charge on any atom is 0.311 e. The van der Waals surface area contributed by atoms with Gasteiger partial charge in [-0.05, 0) is 19.1 Å². The molecule has 5 nitrogen and oxygen atoms in total. The molecule has 1 heterocycles. The second-order valence-corrected chi connectivity index (χ2v) is 4.78. The molecule has 1 aromatic rings. The number of esters is 1. The molecule has 0 radical (unpaired) electrons. The van der Waals surface area contributed by atoms with Crippen LogP contribution >= 0.6 is 0 Å². The molecule has 0 unspecified atom stereocenters. The van der Waals surface area contributed by atoms with Crippen molar-refractivity contribution in [3.63, 3.8) is 0 Å². The number of nitrogens with zero attached hydrogens (tertiary/aromatic N) is 1. The lowest BCUT2D eigenvalue weighted by Crippen LogP contribution is -2.40. The van der Waals surface area contributed by atoms with Crippen molar-refractivity contribution in [2.45, 2.75) is 19.8 Å². The Morgan fingerprint density at radius 2 is 1.80 bits per heavy atom. The molecule has 1 aromatic carbocycles. The van der Waals surface area contributed by atoms with E-state index in [-0.39, 0.29) is 24.7 Å². The number of hydrogen-bond acceptors (Lipinski definition) is 4. The van der Waals surface area contributed by atoms with E-state index in [0.29, 0.717) is 32.1 Å². The fourth-order valence-corrected chi connectivity index (χ4v) is 1.97. The summed E-state index contributed by atoms with van der Waals surface area (Å²) in [5.74, 6) is 0.115. The van der Waals surface area contributed by atoms with Gasteiger partial charge in [0.05, 0.1) is 19.6 Å². The van der Waals surface area contributed by atoms with Gasteiger partial charge >= 0.3 is 5.97 Å². The van der Waals surface area contributed by atoms with Gasteiger partial charge in [-0.1, -0.05) is 17.7 Å². The Morgan fingerprint density at radius 1 is 1.15 bits per heavy atom. The first-order valence-electron chi connectivity index (χ1n) is 6.78. The molecular formula is C15H19NO4. The molecule has 0 atom stereocenters. The summed E-state index contributed by atoms with van der Waals surface area (Å²) in [7, 11) is 0. The average Bonchev–Trinajstić information content (AvgIpc) is 2.48.